The van der Waals surface area contributed by atoms with Crippen molar-refractivity contribution in [1.82, 2.24) is 0 Å². The van der Waals surface area contributed by atoms with Crippen LogP contribution in [0.4, 0.5) is 18.9 Å². The normalized spacial score (nSPS) is 11.9. The van der Waals surface area contributed by atoms with Crippen molar-refractivity contribution in [1.29, 1.82) is 5.26 Å². The first kappa shape index (κ1) is 21.4. The van der Waals surface area contributed by atoms with Crippen LogP contribution in [0.5, 0.6) is 0 Å². The van der Waals surface area contributed by atoms with Gasteiger partial charge in [-0.3, -0.25) is 4.99 Å². The Labute approximate surface area is 165 Å². The van der Waals surface area contributed by atoms with Crippen LogP contribution in [0.3, 0.4) is 0 Å². The van der Waals surface area contributed by atoms with Gasteiger partial charge in [-0.1, -0.05) is 32.9 Å². The maximum absolute atomic E-state index is 12.9. The molecule has 0 aliphatic rings. The molecule has 0 amide bonds. The number of alkyl halides is 3. The van der Waals surface area contributed by atoms with Gasteiger partial charge >= 0.3 is 6.18 Å². The Bertz CT molecular complexity index is 861. The van der Waals surface area contributed by atoms with Crippen LogP contribution in [0.2, 0.25) is 0 Å². The molecule has 2 nitrogen and oxygen atoms in total. The Morgan fingerprint density at radius 2 is 1.70 bits per heavy atom. The van der Waals surface area contributed by atoms with Gasteiger partial charge in [-0.2, -0.15) is 18.4 Å². The van der Waals surface area contributed by atoms with E-state index in [0.29, 0.717) is 33.5 Å². The number of hydrogen-bond donors (Lipinski definition) is 0. The van der Waals surface area contributed by atoms with Crippen molar-refractivity contribution in [3.8, 4) is 17.2 Å². The lowest BCUT2D eigenvalue weighted by Crippen LogP contribution is -2.11. The summed E-state index contributed by atoms with van der Waals surface area (Å²) in [5, 5.41) is 9.01. The van der Waals surface area contributed by atoms with Crippen LogP contribution in [0.25, 0.3) is 11.1 Å². The highest BCUT2D eigenvalue weighted by Gasteiger charge is 2.29. The van der Waals surface area contributed by atoms with Gasteiger partial charge in [0.15, 0.2) is 0 Å². The highest BCUT2D eigenvalue weighted by atomic mass is 32.2. The Balaban J connectivity index is 2.67. The van der Waals surface area contributed by atoms with Gasteiger partial charge in [0.05, 0.1) is 23.1 Å². The van der Waals surface area contributed by atoms with Crippen LogP contribution in [0.15, 0.2) is 51.2 Å². The van der Waals surface area contributed by atoms with Gasteiger partial charge in [0.2, 0.25) is 0 Å². The average molecular weight is 409 g/mol. The standard InChI is InChI=1S/C20H19F3N2S2/c1-19(2,3)27-16-10-9-15(25-4)18(26-12-20(21,22)23)17(16)14-7-5-13(11-24)6-8-14/h5-10H,4,12H2,1-3H3. The highest BCUT2D eigenvalue weighted by Crippen LogP contribution is 2.48. The average Bonchev–Trinajstić information content (AvgIpc) is 2.58. The van der Waals surface area contributed by atoms with E-state index < -0.39 is 11.9 Å². The number of nitrogens with zero attached hydrogens (tertiary/aromatic N) is 2. The summed E-state index contributed by atoms with van der Waals surface area (Å²) < 4.78 is 38.5. The number of halogens is 3. The summed E-state index contributed by atoms with van der Waals surface area (Å²) in [4.78, 5) is 5.24. The topological polar surface area (TPSA) is 36.1 Å². The quantitative estimate of drug-likeness (QED) is 0.391. The lowest BCUT2D eigenvalue weighted by atomic mass is 10.0. The number of rotatable bonds is 5. The molecule has 0 fully saturated rings. The first-order chi connectivity index (χ1) is 12.5. The Kier molecular flexibility index (Phi) is 6.66. The minimum atomic E-state index is -4.29. The number of thioether (sulfide) groups is 2. The Hall–Kier alpha value is -1.91. The molecule has 0 unspecified atom stereocenters. The first-order valence-electron chi connectivity index (χ1n) is 8.07. The van der Waals surface area contributed by atoms with Gasteiger partial charge in [-0.25, -0.2) is 0 Å². The van der Waals surface area contributed by atoms with E-state index in [0.717, 1.165) is 10.5 Å². The molecular weight excluding hydrogens is 389 g/mol. The van der Waals surface area contributed by atoms with Gasteiger partial charge in [0.1, 0.15) is 0 Å². The van der Waals surface area contributed by atoms with Gasteiger partial charge in [0, 0.05) is 20.1 Å². The van der Waals surface area contributed by atoms with Crippen LogP contribution in [0.1, 0.15) is 26.3 Å². The lowest BCUT2D eigenvalue weighted by Gasteiger charge is -2.23. The van der Waals surface area contributed by atoms with Gasteiger partial charge < -0.3 is 0 Å². The van der Waals surface area contributed by atoms with E-state index in [9.17, 15) is 13.2 Å². The third kappa shape index (κ3) is 6.05. The molecule has 2 rings (SSSR count). The second-order valence-electron chi connectivity index (χ2n) is 6.75. The number of nitriles is 1. The molecule has 0 radical (unpaired) electrons. The maximum atomic E-state index is 12.9. The minimum Gasteiger partial charge on any atom is -0.263 e. The van der Waals surface area contributed by atoms with Gasteiger partial charge in [-0.05, 0) is 36.5 Å². The molecule has 0 atom stereocenters. The van der Waals surface area contributed by atoms with E-state index in [-0.39, 0.29) is 4.75 Å². The van der Waals surface area contributed by atoms with Crippen LogP contribution in [0, 0.1) is 11.3 Å². The molecule has 0 saturated carbocycles. The molecule has 27 heavy (non-hydrogen) atoms. The molecule has 0 aliphatic heterocycles. The molecule has 0 N–H and O–H groups in total. The summed E-state index contributed by atoms with van der Waals surface area (Å²) in [5.74, 6) is -1.01. The van der Waals surface area contributed by atoms with Crippen molar-refractivity contribution in [2.45, 2.75) is 41.5 Å². The SMILES string of the molecule is C=Nc1ccc(SC(C)(C)C)c(-c2ccc(C#N)cc2)c1SCC(F)(F)F. The Morgan fingerprint density at radius 1 is 1.07 bits per heavy atom. The minimum absolute atomic E-state index is 0.129. The fourth-order valence-electron chi connectivity index (χ4n) is 2.38. The highest BCUT2D eigenvalue weighted by molar-refractivity contribution is 8.01. The molecule has 0 aromatic heterocycles. The summed E-state index contributed by atoms with van der Waals surface area (Å²) in [6.45, 7) is 9.64. The second kappa shape index (κ2) is 8.41. The third-order valence-corrected chi connectivity index (χ3v) is 5.71. The van der Waals surface area contributed by atoms with Crippen molar-refractivity contribution >= 4 is 35.9 Å². The lowest BCUT2D eigenvalue weighted by molar-refractivity contribution is -0.105. The summed E-state index contributed by atoms with van der Waals surface area (Å²) >= 11 is 2.29. The molecule has 2 aromatic carbocycles. The Morgan fingerprint density at radius 3 is 2.19 bits per heavy atom. The van der Waals surface area contributed by atoms with E-state index in [1.165, 1.54) is 0 Å². The van der Waals surface area contributed by atoms with Crippen LogP contribution >= 0.6 is 23.5 Å². The fourth-order valence-corrected chi connectivity index (χ4v) is 4.52. The summed E-state index contributed by atoms with van der Waals surface area (Å²) in [7, 11) is 0. The van der Waals surface area contributed by atoms with Gasteiger partial charge in [-0.15, -0.1) is 23.5 Å². The third-order valence-electron chi connectivity index (χ3n) is 3.37. The monoisotopic (exact) mass is 408 g/mol. The number of aliphatic imine (C=N–C) groups is 1. The van der Waals surface area contributed by atoms with E-state index in [1.807, 2.05) is 26.8 Å². The van der Waals surface area contributed by atoms with Crippen molar-refractivity contribution in [3.63, 3.8) is 0 Å². The van der Waals surface area contributed by atoms with Crippen molar-refractivity contribution < 1.29 is 13.2 Å². The predicted molar refractivity (Wildman–Crippen MR) is 108 cm³/mol. The number of hydrogen-bond acceptors (Lipinski definition) is 4. The largest absolute Gasteiger partial charge is 0.398 e. The first-order valence-corrected chi connectivity index (χ1v) is 9.87. The molecular formula is C20H19F3N2S2. The van der Waals surface area contributed by atoms with E-state index in [4.69, 9.17) is 5.26 Å². The van der Waals surface area contributed by atoms with Crippen molar-refractivity contribution in [2.24, 2.45) is 4.99 Å². The predicted octanol–water partition coefficient (Wildman–Crippen LogP) is 7.10. The number of benzene rings is 2. The maximum Gasteiger partial charge on any atom is 0.398 e. The zero-order valence-electron chi connectivity index (χ0n) is 15.2. The van der Waals surface area contributed by atoms with Crippen LogP contribution in [-0.2, 0) is 0 Å². The van der Waals surface area contributed by atoms with Crippen LogP contribution < -0.4 is 0 Å². The smallest absolute Gasteiger partial charge is 0.263 e. The molecule has 142 valence electrons. The summed E-state index contributed by atoms with van der Waals surface area (Å²) in [5.41, 5.74) is 2.35. The fraction of sp³-hybridized carbons (Fsp3) is 0.300. The molecule has 7 heteroatoms. The zero-order valence-corrected chi connectivity index (χ0v) is 16.9. The molecule has 0 spiro atoms. The zero-order chi connectivity index (χ0) is 20.2. The molecule has 2 aromatic rings. The summed E-state index contributed by atoms with van der Waals surface area (Å²) in [6, 6.07) is 12.5. The molecule has 0 heterocycles. The van der Waals surface area contributed by atoms with E-state index in [1.54, 1.807) is 42.1 Å². The van der Waals surface area contributed by atoms with E-state index >= 15 is 0 Å². The van der Waals surface area contributed by atoms with E-state index in [2.05, 4.69) is 17.8 Å². The summed E-state index contributed by atoms with van der Waals surface area (Å²) in [6.07, 6.45) is -4.29. The van der Waals surface area contributed by atoms with Crippen molar-refractivity contribution in [2.75, 3.05) is 5.75 Å². The second-order valence-corrected chi connectivity index (χ2v) is 9.61. The molecule has 0 saturated heterocycles. The molecule has 0 bridgehead atoms. The van der Waals surface area contributed by atoms with Gasteiger partial charge in [0.25, 0.3) is 0 Å². The van der Waals surface area contributed by atoms with Crippen LogP contribution in [-0.4, -0.2) is 23.4 Å². The molecule has 0 aliphatic carbocycles. The van der Waals surface area contributed by atoms with Crippen molar-refractivity contribution in [3.05, 3.63) is 42.0 Å².